The fourth-order valence-corrected chi connectivity index (χ4v) is 3.19. The molecule has 23 heavy (non-hydrogen) atoms. The lowest BCUT2D eigenvalue weighted by Gasteiger charge is -2.32. The zero-order chi connectivity index (χ0) is 16.4. The molecule has 3 rings (SSSR count). The van der Waals surface area contributed by atoms with Gasteiger partial charge in [0.25, 0.3) is 5.56 Å². The summed E-state index contributed by atoms with van der Waals surface area (Å²) in [6.45, 7) is 5.68. The molecule has 1 aromatic heterocycles. The maximum Gasteiger partial charge on any atom is 0.306 e. The molecule has 0 bridgehead atoms. The van der Waals surface area contributed by atoms with Crippen LogP contribution in [0.4, 0.5) is 5.69 Å². The van der Waals surface area contributed by atoms with E-state index in [0.717, 1.165) is 29.7 Å². The molecule has 1 aromatic carbocycles. The van der Waals surface area contributed by atoms with Gasteiger partial charge in [0.2, 0.25) is 0 Å². The minimum Gasteiger partial charge on any atom is -0.481 e. The molecule has 1 N–H and O–H groups in total. The predicted octanol–water partition coefficient (Wildman–Crippen LogP) is 2.49. The summed E-state index contributed by atoms with van der Waals surface area (Å²) in [7, 11) is 0. The maximum absolute atomic E-state index is 12.0. The van der Waals surface area contributed by atoms with Gasteiger partial charge in [-0.15, -0.1) is 6.58 Å². The van der Waals surface area contributed by atoms with Crippen molar-refractivity contribution < 1.29 is 9.90 Å². The molecule has 1 aliphatic heterocycles. The van der Waals surface area contributed by atoms with E-state index in [4.69, 9.17) is 5.11 Å². The second-order valence-electron chi connectivity index (χ2n) is 5.91. The third-order valence-corrected chi connectivity index (χ3v) is 4.49. The summed E-state index contributed by atoms with van der Waals surface area (Å²) in [6.07, 6.45) is 3.05. The first-order chi connectivity index (χ1) is 11.1. The molecule has 120 valence electrons. The summed E-state index contributed by atoms with van der Waals surface area (Å²) in [5, 5.41) is 10.1. The van der Waals surface area contributed by atoms with E-state index in [1.807, 2.05) is 18.2 Å². The van der Waals surface area contributed by atoms with E-state index in [2.05, 4.69) is 17.5 Å². The number of carbonyl (C=O) groups is 1. The van der Waals surface area contributed by atoms with Crippen molar-refractivity contribution in [3.8, 4) is 0 Å². The smallest absolute Gasteiger partial charge is 0.306 e. The highest BCUT2D eigenvalue weighted by Gasteiger charge is 2.24. The Bertz CT molecular complexity index is 802. The average Bonchev–Trinajstić information content (AvgIpc) is 2.57. The fourth-order valence-electron chi connectivity index (χ4n) is 3.19. The zero-order valence-electron chi connectivity index (χ0n) is 12.9. The molecule has 0 amide bonds. The molecule has 5 heteroatoms. The summed E-state index contributed by atoms with van der Waals surface area (Å²) in [5.41, 5.74) is 1.93. The Hall–Kier alpha value is -2.56. The molecule has 0 saturated carbocycles. The number of piperidine rings is 1. The summed E-state index contributed by atoms with van der Waals surface area (Å²) < 4.78 is 1.70. The van der Waals surface area contributed by atoms with Crippen LogP contribution >= 0.6 is 0 Å². The number of nitrogens with zero attached hydrogens (tertiary/aromatic N) is 2. The lowest BCUT2D eigenvalue weighted by Crippen LogP contribution is -2.36. The Morgan fingerprint density at radius 2 is 2.00 bits per heavy atom. The highest BCUT2D eigenvalue weighted by atomic mass is 16.4. The molecule has 1 saturated heterocycles. The van der Waals surface area contributed by atoms with Gasteiger partial charge in [0, 0.05) is 36.8 Å². The second kappa shape index (κ2) is 6.28. The number of allylic oxidation sites excluding steroid dienone is 1. The standard InChI is InChI=1S/C18H20N2O3/c1-2-9-20-16-5-4-15(12-14(16)3-6-17(20)21)19-10-7-13(8-11-19)18(22)23/h2-6,12-13H,1,7-11H2,(H,22,23). The third kappa shape index (κ3) is 2.99. The Kier molecular flexibility index (Phi) is 4.19. The number of carboxylic acids is 1. The fraction of sp³-hybridized carbons (Fsp3) is 0.333. The first-order valence-corrected chi connectivity index (χ1v) is 7.82. The first-order valence-electron chi connectivity index (χ1n) is 7.82. The minimum absolute atomic E-state index is 0.0348. The molecule has 0 spiro atoms. The van der Waals surface area contributed by atoms with Crippen LogP contribution in [0.15, 0.2) is 47.8 Å². The van der Waals surface area contributed by atoms with Crippen LogP contribution in [0.1, 0.15) is 12.8 Å². The van der Waals surface area contributed by atoms with Gasteiger partial charge in [0.05, 0.1) is 11.4 Å². The molecular formula is C18H20N2O3. The van der Waals surface area contributed by atoms with Gasteiger partial charge in [0.1, 0.15) is 0 Å². The van der Waals surface area contributed by atoms with Gasteiger partial charge in [-0.05, 0) is 37.1 Å². The molecule has 0 aliphatic carbocycles. The second-order valence-corrected chi connectivity index (χ2v) is 5.91. The first kappa shape index (κ1) is 15.3. The minimum atomic E-state index is -0.698. The van der Waals surface area contributed by atoms with E-state index < -0.39 is 5.97 Å². The average molecular weight is 312 g/mol. The predicted molar refractivity (Wildman–Crippen MR) is 91.0 cm³/mol. The van der Waals surface area contributed by atoms with Crippen molar-refractivity contribution >= 4 is 22.6 Å². The Labute approximate surface area is 134 Å². The number of rotatable bonds is 4. The number of fused-ring (bicyclic) bond motifs is 1. The largest absolute Gasteiger partial charge is 0.481 e. The molecule has 0 unspecified atom stereocenters. The zero-order valence-corrected chi connectivity index (χ0v) is 12.9. The van der Waals surface area contributed by atoms with E-state index in [9.17, 15) is 9.59 Å². The van der Waals surface area contributed by atoms with Gasteiger partial charge >= 0.3 is 5.97 Å². The Balaban J connectivity index is 1.89. The number of hydrogen-bond donors (Lipinski definition) is 1. The lowest BCUT2D eigenvalue weighted by molar-refractivity contribution is -0.142. The van der Waals surface area contributed by atoms with Crippen LogP contribution in [-0.2, 0) is 11.3 Å². The molecule has 1 fully saturated rings. The number of anilines is 1. The quantitative estimate of drug-likeness (QED) is 0.881. The van der Waals surface area contributed by atoms with Gasteiger partial charge in [0.15, 0.2) is 0 Å². The highest BCUT2D eigenvalue weighted by molar-refractivity contribution is 5.83. The van der Waals surface area contributed by atoms with Crippen molar-refractivity contribution in [1.82, 2.24) is 4.57 Å². The number of carboxylic acid groups (broad SMARTS) is 1. The summed E-state index contributed by atoms with van der Waals surface area (Å²) in [5.74, 6) is -0.930. The van der Waals surface area contributed by atoms with Crippen LogP contribution in [0.3, 0.4) is 0 Å². The van der Waals surface area contributed by atoms with Crippen molar-refractivity contribution in [3.63, 3.8) is 0 Å². The highest BCUT2D eigenvalue weighted by Crippen LogP contribution is 2.26. The van der Waals surface area contributed by atoms with Crippen molar-refractivity contribution in [2.75, 3.05) is 18.0 Å². The van der Waals surface area contributed by atoms with Crippen molar-refractivity contribution in [3.05, 3.63) is 53.3 Å². The van der Waals surface area contributed by atoms with E-state index in [1.165, 1.54) is 0 Å². The molecular weight excluding hydrogens is 292 g/mol. The molecule has 1 aliphatic rings. The van der Waals surface area contributed by atoms with Gasteiger partial charge in [-0.25, -0.2) is 0 Å². The van der Waals surface area contributed by atoms with Gasteiger partial charge in [-0.3, -0.25) is 9.59 Å². The van der Waals surface area contributed by atoms with Crippen molar-refractivity contribution in [2.45, 2.75) is 19.4 Å². The summed E-state index contributed by atoms with van der Waals surface area (Å²) >= 11 is 0. The summed E-state index contributed by atoms with van der Waals surface area (Å²) in [6, 6.07) is 9.44. The number of hydrogen-bond acceptors (Lipinski definition) is 3. The van der Waals surface area contributed by atoms with Crippen molar-refractivity contribution in [2.24, 2.45) is 5.92 Å². The maximum atomic E-state index is 12.0. The third-order valence-electron chi connectivity index (χ3n) is 4.49. The lowest BCUT2D eigenvalue weighted by atomic mass is 9.96. The van der Waals surface area contributed by atoms with Crippen LogP contribution in [0.25, 0.3) is 10.9 Å². The van der Waals surface area contributed by atoms with Gasteiger partial charge < -0.3 is 14.6 Å². The molecule has 2 aromatic rings. The number of pyridine rings is 1. The van der Waals surface area contributed by atoms with E-state index in [0.29, 0.717) is 19.4 Å². The van der Waals surface area contributed by atoms with Crippen LogP contribution in [0.5, 0.6) is 0 Å². The molecule has 5 nitrogen and oxygen atoms in total. The molecule has 2 heterocycles. The number of benzene rings is 1. The van der Waals surface area contributed by atoms with E-state index in [1.54, 1.807) is 16.7 Å². The Morgan fingerprint density at radius 1 is 1.26 bits per heavy atom. The SMILES string of the molecule is C=CCn1c(=O)ccc2cc(N3CCC(C(=O)O)CC3)ccc21. The van der Waals surface area contributed by atoms with Gasteiger partial charge in [-0.2, -0.15) is 0 Å². The van der Waals surface area contributed by atoms with Crippen LogP contribution < -0.4 is 10.5 Å². The van der Waals surface area contributed by atoms with Crippen LogP contribution in [-0.4, -0.2) is 28.7 Å². The van der Waals surface area contributed by atoms with E-state index in [-0.39, 0.29) is 11.5 Å². The monoisotopic (exact) mass is 312 g/mol. The molecule has 0 radical (unpaired) electrons. The van der Waals surface area contributed by atoms with Crippen LogP contribution in [0.2, 0.25) is 0 Å². The number of aliphatic carboxylic acids is 1. The van der Waals surface area contributed by atoms with Gasteiger partial charge in [-0.1, -0.05) is 6.08 Å². The summed E-state index contributed by atoms with van der Waals surface area (Å²) in [4.78, 5) is 25.2. The van der Waals surface area contributed by atoms with E-state index >= 15 is 0 Å². The normalized spacial score (nSPS) is 15.7. The van der Waals surface area contributed by atoms with Crippen LogP contribution in [0, 0.1) is 5.92 Å². The number of aromatic nitrogens is 1. The molecule has 0 atom stereocenters. The topological polar surface area (TPSA) is 62.5 Å². The van der Waals surface area contributed by atoms with Crippen molar-refractivity contribution in [1.29, 1.82) is 0 Å². The Morgan fingerprint density at radius 3 is 2.65 bits per heavy atom.